The third-order valence-corrected chi connectivity index (χ3v) is 7.52. The third-order valence-electron chi connectivity index (χ3n) is 7.52. The SMILES string of the molecule is c1ccc2cc(-c3cc(-c4ccc5ccccc5c4)nc(-c4ccc(-c5cn6ccncc6n5)cc4)n3)ccc2c1. The number of rotatable bonds is 4. The van der Waals surface area contributed by atoms with Crippen LogP contribution in [-0.2, 0) is 0 Å². The van der Waals surface area contributed by atoms with E-state index in [0.29, 0.717) is 5.82 Å². The molecular weight excluding hydrogens is 502 g/mol. The van der Waals surface area contributed by atoms with Crippen LogP contribution in [-0.4, -0.2) is 24.3 Å². The smallest absolute Gasteiger partial charge is 0.160 e. The lowest BCUT2D eigenvalue weighted by atomic mass is 10.0. The van der Waals surface area contributed by atoms with E-state index in [-0.39, 0.29) is 0 Å². The van der Waals surface area contributed by atoms with Crippen LogP contribution in [0.5, 0.6) is 0 Å². The Labute approximate surface area is 236 Å². The minimum atomic E-state index is 0.685. The summed E-state index contributed by atoms with van der Waals surface area (Å²) in [5.74, 6) is 0.685. The van der Waals surface area contributed by atoms with Gasteiger partial charge in [-0.2, -0.15) is 0 Å². The molecule has 0 aliphatic carbocycles. The zero-order chi connectivity index (χ0) is 27.2. The molecule has 0 spiro atoms. The van der Waals surface area contributed by atoms with Gasteiger partial charge in [0.25, 0.3) is 0 Å². The number of benzene rings is 5. The molecule has 0 radical (unpaired) electrons. The quantitative estimate of drug-likeness (QED) is 0.231. The molecule has 0 amide bonds. The monoisotopic (exact) mass is 525 g/mol. The molecule has 8 rings (SSSR count). The Morgan fingerprint density at radius 3 is 1.63 bits per heavy atom. The van der Waals surface area contributed by atoms with Crippen LogP contribution in [0.15, 0.2) is 140 Å². The van der Waals surface area contributed by atoms with Crippen LogP contribution in [0.1, 0.15) is 0 Å². The first-order valence-electron chi connectivity index (χ1n) is 13.5. The van der Waals surface area contributed by atoms with Crippen molar-refractivity contribution in [3.8, 4) is 45.2 Å². The Balaban J connectivity index is 1.25. The number of nitrogens with zero attached hydrogens (tertiary/aromatic N) is 5. The lowest BCUT2D eigenvalue weighted by molar-refractivity contribution is 1.13. The van der Waals surface area contributed by atoms with Gasteiger partial charge in [0.15, 0.2) is 11.5 Å². The van der Waals surface area contributed by atoms with Crippen LogP contribution in [0.4, 0.5) is 0 Å². The lowest BCUT2D eigenvalue weighted by Gasteiger charge is -2.11. The second-order valence-corrected chi connectivity index (χ2v) is 10.1. The molecular formula is C36H23N5. The summed E-state index contributed by atoms with van der Waals surface area (Å²) in [6.07, 6.45) is 7.44. The van der Waals surface area contributed by atoms with E-state index in [0.717, 1.165) is 45.0 Å². The van der Waals surface area contributed by atoms with Gasteiger partial charge < -0.3 is 4.40 Å². The highest BCUT2D eigenvalue weighted by Gasteiger charge is 2.13. The van der Waals surface area contributed by atoms with Gasteiger partial charge in [0.2, 0.25) is 0 Å². The van der Waals surface area contributed by atoms with E-state index in [9.17, 15) is 0 Å². The highest BCUT2D eigenvalue weighted by atomic mass is 15.0. The van der Waals surface area contributed by atoms with Crippen LogP contribution in [0, 0.1) is 0 Å². The molecule has 0 N–H and O–H groups in total. The van der Waals surface area contributed by atoms with E-state index in [1.54, 1.807) is 12.4 Å². The number of fused-ring (bicyclic) bond motifs is 3. The van der Waals surface area contributed by atoms with Gasteiger partial charge in [0.05, 0.1) is 23.3 Å². The molecule has 0 saturated carbocycles. The summed E-state index contributed by atoms with van der Waals surface area (Å²) in [4.78, 5) is 19.0. The van der Waals surface area contributed by atoms with Gasteiger partial charge in [0.1, 0.15) is 0 Å². The fraction of sp³-hybridized carbons (Fsp3) is 0. The van der Waals surface area contributed by atoms with Crippen LogP contribution in [0.3, 0.4) is 0 Å². The molecule has 192 valence electrons. The summed E-state index contributed by atoms with van der Waals surface area (Å²) < 4.78 is 1.97. The van der Waals surface area contributed by atoms with E-state index in [4.69, 9.17) is 15.0 Å². The molecule has 5 heteroatoms. The van der Waals surface area contributed by atoms with Crippen molar-refractivity contribution in [1.29, 1.82) is 0 Å². The molecule has 0 unspecified atom stereocenters. The van der Waals surface area contributed by atoms with Gasteiger partial charge in [0, 0.05) is 40.8 Å². The first-order valence-corrected chi connectivity index (χ1v) is 13.5. The molecule has 0 bridgehead atoms. The molecule has 3 aromatic heterocycles. The fourth-order valence-electron chi connectivity index (χ4n) is 5.34. The first-order chi connectivity index (χ1) is 20.3. The van der Waals surface area contributed by atoms with Crippen LogP contribution >= 0.6 is 0 Å². The maximum atomic E-state index is 5.07. The van der Waals surface area contributed by atoms with Gasteiger partial charge in [-0.05, 0) is 39.7 Å². The highest BCUT2D eigenvalue weighted by Crippen LogP contribution is 2.31. The number of hydrogen-bond acceptors (Lipinski definition) is 4. The van der Waals surface area contributed by atoms with Crippen LogP contribution in [0.25, 0.3) is 72.4 Å². The Kier molecular flexibility index (Phi) is 5.38. The lowest BCUT2D eigenvalue weighted by Crippen LogP contribution is -1.96. The average Bonchev–Trinajstić information content (AvgIpc) is 3.49. The summed E-state index contributed by atoms with van der Waals surface area (Å²) in [6, 6.07) is 40.2. The maximum absolute atomic E-state index is 5.07. The summed E-state index contributed by atoms with van der Waals surface area (Å²) >= 11 is 0. The number of imidazole rings is 1. The summed E-state index contributed by atoms with van der Waals surface area (Å²) in [5.41, 5.74) is 7.59. The topological polar surface area (TPSA) is 56.0 Å². The largest absolute Gasteiger partial charge is 0.304 e. The second kappa shape index (κ2) is 9.50. The second-order valence-electron chi connectivity index (χ2n) is 10.1. The van der Waals surface area contributed by atoms with Gasteiger partial charge in [-0.1, -0.05) is 97.1 Å². The van der Waals surface area contributed by atoms with Crippen LogP contribution in [0.2, 0.25) is 0 Å². The average molecular weight is 526 g/mol. The molecule has 0 aliphatic heterocycles. The zero-order valence-electron chi connectivity index (χ0n) is 22.0. The van der Waals surface area contributed by atoms with Crippen molar-refractivity contribution in [2.24, 2.45) is 0 Å². The van der Waals surface area contributed by atoms with Gasteiger partial charge >= 0.3 is 0 Å². The van der Waals surface area contributed by atoms with Crippen molar-refractivity contribution in [2.75, 3.05) is 0 Å². The number of hydrogen-bond donors (Lipinski definition) is 0. The maximum Gasteiger partial charge on any atom is 0.160 e. The standard InChI is InChI=1S/C36H23N5/c1-3-7-28-19-30(15-9-24(28)5-1)32-21-33(31-16-10-25-6-2-4-8-29(25)20-31)40-36(39-32)27-13-11-26(12-14-27)34-23-41-18-17-37-22-35(41)38-34/h1-23H. The molecule has 3 heterocycles. The van der Waals surface area contributed by atoms with E-state index in [1.165, 1.54) is 21.5 Å². The molecule has 5 aromatic carbocycles. The molecule has 8 aromatic rings. The molecule has 0 aliphatic rings. The Bertz CT molecular complexity index is 2080. The fourth-order valence-corrected chi connectivity index (χ4v) is 5.34. The van der Waals surface area contributed by atoms with Crippen LogP contribution < -0.4 is 0 Å². The van der Waals surface area contributed by atoms with Gasteiger partial charge in [-0.3, -0.25) is 4.98 Å². The number of aromatic nitrogens is 5. The summed E-state index contributed by atoms with van der Waals surface area (Å²) in [7, 11) is 0. The van der Waals surface area contributed by atoms with Crippen molar-refractivity contribution < 1.29 is 0 Å². The van der Waals surface area contributed by atoms with Crippen molar-refractivity contribution in [1.82, 2.24) is 24.3 Å². The minimum Gasteiger partial charge on any atom is -0.304 e. The van der Waals surface area contributed by atoms with Crippen molar-refractivity contribution in [3.05, 3.63) is 140 Å². The molecule has 0 saturated heterocycles. The molecule has 5 nitrogen and oxygen atoms in total. The minimum absolute atomic E-state index is 0.685. The molecule has 0 fully saturated rings. The summed E-state index contributed by atoms with van der Waals surface area (Å²) in [6.45, 7) is 0. The predicted octanol–water partition coefficient (Wildman–Crippen LogP) is 8.49. The first kappa shape index (κ1) is 23.2. The van der Waals surface area contributed by atoms with Crippen molar-refractivity contribution in [3.63, 3.8) is 0 Å². The Morgan fingerprint density at radius 1 is 0.463 bits per heavy atom. The molecule has 41 heavy (non-hydrogen) atoms. The van der Waals surface area contributed by atoms with E-state index in [2.05, 4.69) is 120 Å². The van der Waals surface area contributed by atoms with E-state index < -0.39 is 0 Å². The Hall–Kier alpha value is -5.68. The van der Waals surface area contributed by atoms with E-state index in [1.807, 2.05) is 16.8 Å². The normalized spacial score (nSPS) is 11.4. The summed E-state index contributed by atoms with van der Waals surface area (Å²) in [5, 5.41) is 4.78. The zero-order valence-corrected chi connectivity index (χ0v) is 22.0. The highest BCUT2D eigenvalue weighted by molar-refractivity contribution is 5.89. The van der Waals surface area contributed by atoms with Crippen molar-refractivity contribution in [2.45, 2.75) is 0 Å². The molecule has 0 atom stereocenters. The van der Waals surface area contributed by atoms with Gasteiger partial charge in [-0.25, -0.2) is 15.0 Å². The predicted molar refractivity (Wildman–Crippen MR) is 165 cm³/mol. The van der Waals surface area contributed by atoms with E-state index >= 15 is 0 Å². The third kappa shape index (κ3) is 4.30. The van der Waals surface area contributed by atoms with Crippen molar-refractivity contribution >= 4 is 27.2 Å². The Morgan fingerprint density at radius 2 is 1.02 bits per heavy atom. The van der Waals surface area contributed by atoms with Gasteiger partial charge in [-0.15, -0.1) is 0 Å².